The average Bonchev–Trinajstić information content (AvgIpc) is 3.35. The molecule has 0 spiro atoms. The van der Waals surface area contributed by atoms with Crippen LogP contribution in [0.3, 0.4) is 0 Å². The highest BCUT2D eigenvalue weighted by molar-refractivity contribution is 5.74. The summed E-state index contributed by atoms with van der Waals surface area (Å²) < 4.78 is 6.47. The summed E-state index contributed by atoms with van der Waals surface area (Å²) in [7, 11) is 4.19. The third-order valence-electron chi connectivity index (χ3n) is 7.78. The van der Waals surface area contributed by atoms with Gasteiger partial charge in [0.2, 0.25) is 0 Å². The smallest absolute Gasteiger partial charge is 0.310 e. The second kappa shape index (κ2) is 8.78. The van der Waals surface area contributed by atoms with Gasteiger partial charge in [-0.25, -0.2) is 0 Å². The number of carbonyl (C=O) groups excluding carboxylic acids is 1. The SMILES string of the molecule is Cc1cc(C)c([C@H](OC(=O)[C@H]2C[C@@H]3CC[C@H]2C3)c2ccccc2[C@@H](C)N(C)C)c(C)c1. The Morgan fingerprint density at radius 1 is 1.00 bits per heavy atom. The van der Waals surface area contributed by atoms with E-state index in [4.69, 9.17) is 4.74 Å². The molecule has 0 radical (unpaired) electrons. The maximum atomic E-state index is 13.5. The lowest BCUT2D eigenvalue weighted by molar-refractivity contribution is -0.154. The molecule has 0 N–H and O–H groups in total. The molecule has 2 bridgehead atoms. The summed E-state index contributed by atoms with van der Waals surface area (Å²) in [6, 6.07) is 13.1. The molecule has 0 aromatic heterocycles. The van der Waals surface area contributed by atoms with Crippen LogP contribution < -0.4 is 0 Å². The molecule has 0 saturated heterocycles. The fourth-order valence-corrected chi connectivity index (χ4v) is 6.03. The Morgan fingerprint density at radius 2 is 1.65 bits per heavy atom. The fraction of sp³-hybridized carbons (Fsp3) is 0.536. The highest BCUT2D eigenvalue weighted by Gasteiger charge is 2.44. The molecule has 0 heterocycles. The summed E-state index contributed by atoms with van der Waals surface area (Å²) in [5.41, 5.74) is 7.09. The van der Waals surface area contributed by atoms with E-state index in [1.54, 1.807) is 0 Å². The van der Waals surface area contributed by atoms with Gasteiger partial charge in [0.05, 0.1) is 5.92 Å². The van der Waals surface area contributed by atoms with Crippen LogP contribution in [0.5, 0.6) is 0 Å². The van der Waals surface area contributed by atoms with E-state index < -0.39 is 0 Å². The molecular formula is C28H37NO2. The molecule has 3 heteroatoms. The van der Waals surface area contributed by atoms with Gasteiger partial charge in [0, 0.05) is 17.2 Å². The van der Waals surface area contributed by atoms with Crippen molar-refractivity contribution in [3.05, 3.63) is 69.8 Å². The molecule has 166 valence electrons. The molecule has 0 unspecified atom stereocenters. The largest absolute Gasteiger partial charge is 0.452 e. The number of carbonyl (C=O) groups is 1. The first kappa shape index (κ1) is 22.1. The third-order valence-corrected chi connectivity index (χ3v) is 7.78. The molecule has 5 atom stereocenters. The van der Waals surface area contributed by atoms with Crippen LogP contribution in [-0.2, 0) is 9.53 Å². The molecule has 2 aromatic rings. The van der Waals surface area contributed by atoms with Gasteiger partial charge in [0.1, 0.15) is 0 Å². The van der Waals surface area contributed by atoms with Gasteiger partial charge in [0.15, 0.2) is 6.10 Å². The number of esters is 1. The molecule has 2 aliphatic rings. The number of fused-ring (bicyclic) bond motifs is 2. The molecule has 2 saturated carbocycles. The van der Waals surface area contributed by atoms with Crippen molar-refractivity contribution in [1.82, 2.24) is 4.90 Å². The summed E-state index contributed by atoms with van der Waals surface area (Å²) in [6.45, 7) is 8.63. The van der Waals surface area contributed by atoms with E-state index in [2.05, 4.69) is 83.1 Å². The van der Waals surface area contributed by atoms with Crippen LogP contribution in [0.15, 0.2) is 36.4 Å². The lowest BCUT2D eigenvalue weighted by Crippen LogP contribution is -2.27. The van der Waals surface area contributed by atoms with Crippen LogP contribution in [0.1, 0.15) is 78.1 Å². The molecule has 2 fully saturated rings. The molecule has 2 aromatic carbocycles. The summed E-state index contributed by atoms with van der Waals surface area (Å²) in [4.78, 5) is 15.7. The van der Waals surface area contributed by atoms with Crippen LogP contribution in [0, 0.1) is 38.5 Å². The Morgan fingerprint density at radius 3 is 2.19 bits per heavy atom. The normalized spacial score (nSPS) is 24.4. The van der Waals surface area contributed by atoms with Crippen molar-refractivity contribution in [3.63, 3.8) is 0 Å². The van der Waals surface area contributed by atoms with Crippen molar-refractivity contribution in [3.8, 4) is 0 Å². The van der Waals surface area contributed by atoms with Crippen LogP contribution in [0.2, 0.25) is 0 Å². The number of aryl methyl sites for hydroxylation is 3. The Hall–Kier alpha value is -2.13. The van der Waals surface area contributed by atoms with Gasteiger partial charge in [-0.1, -0.05) is 48.4 Å². The van der Waals surface area contributed by atoms with Crippen LogP contribution >= 0.6 is 0 Å². The van der Waals surface area contributed by atoms with Crippen molar-refractivity contribution >= 4 is 5.97 Å². The topological polar surface area (TPSA) is 29.5 Å². The monoisotopic (exact) mass is 419 g/mol. The first-order valence-corrected chi connectivity index (χ1v) is 11.8. The highest BCUT2D eigenvalue weighted by atomic mass is 16.5. The maximum Gasteiger partial charge on any atom is 0.310 e. The number of benzene rings is 2. The zero-order valence-corrected chi connectivity index (χ0v) is 19.9. The van der Waals surface area contributed by atoms with E-state index in [0.29, 0.717) is 5.92 Å². The Bertz CT molecular complexity index is 940. The minimum Gasteiger partial charge on any atom is -0.452 e. The number of rotatable bonds is 6. The number of hydrogen-bond donors (Lipinski definition) is 0. The minimum atomic E-state index is -0.370. The average molecular weight is 420 g/mol. The van der Waals surface area contributed by atoms with E-state index in [-0.39, 0.29) is 24.0 Å². The van der Waals surface area contributed by atoms with Crippen LogP contribution in [0.25, 0.3) is 0 Å². The lowest BCUT2D eigenvalue weighted by Gasteiger charge is -2.30. The predicted molar refractivity (Wildman–Crippen MR) is 126 cm³/mol. The quantitative estimate of drug-likeness (QED) is 0.514. The second-order valence-corrected chi connectivity index (χ2v) is 10.2. The molecule has 2 aliphatic carbocycles. The summed E-state index contributed by atoms with van der Waals surface area (Å²) in [6.07, 6.45) is 4.33. The summed E-state index contributed by atoms with van der Waals surface area (Å²) >= 11 is 0. The van der Waals surface area contributed by atoms with Gasteiger partial charge >= 0.3 is 5.97 Å². The van der Waals surface area contributed by atoms with Crippen LogP contribution in [0.4, 0.5) is 0 Å². The van der Waals surface area contributed by atoms with Crippen molar-refractivity contribution in [2.45, 2.75) is 65.5 Å². The number of nitrogens with zero attached hydrogens (tertiary/aromatic N) is 1. The summed E-state index contributed by atoms with van der Waals surface area (Å²) in [5.74, 6) is 1.33. The Labute approximate surface area is 187 Å². The van der Waals surface area contributed by atoms with E-state index in [0.717, 1.165) is 23.5 Å². The highest BCUT2D eigenvalue weighted by Crippen LogP contribution is 2.49. The van der Waals surface area contributed by atoms with Gasteiger partial charge in [-0.3, -0.25) is 4.79 Å². The zero-order valence-electron chi connectivity index (χ0n) is 19.9. The van der Waals surface area contributed by atoms with E-state index in [9.17, 15) is 4.79 Å². The third kappa shape index (κ3) is 4.30. The van der Waals surface area contributed by atoms with Crippen molar-refractivity contribution in [1.29, 1.82) is 0 Å². The Balaban J connectivity index is 1.77. The maximum absolute atomic E-state index is 13.5. The van der Waals surface area contributed by atoms with Crippen molar-refractivity contribution in [2.24, 2.45) is 17.8 Å². The Kier molecular flexibility index (Phi) is 6.25. The zero-order chi connectivity index (χ0) is 22.3. The first-order valence-electron chi connectivity index (χ1n) is 11.8. The van der Waals surface area contributed by atoms with Crippen LogP contribution in [-0.4, -0.2) is 25.0 Å². The van der Waals surface area contributed by atoms with Gasteiger partial charge in [-0.15, -0.1) is 0 Å². The van der Waals surface area contributed by atoms with E-state index in [1.165, 1.54) is 41.5 Å². The van der Waals surface area contributed by atoms with Gasteiger partial charge < -0.3 is 9.64 Å². The minimum absolute atomic E-state index is 0.00360. The van der Waals surface area contributed by atoms with Gasteiger partial charge in [-0.2, -0.15) is 0 Å². The lowest BCUT2D eigenvalue weighted by atomic mass is 9.86. The molecule has 0 aliphatic heterocycles. The van der Waals surface area contributed by atoms with Gasteiger partial charge in [0.25, 0.3) is 0 Å². The van der Waals surface area contributed by atoms with Gasteiger partial charge in [-0.05, 0) is 89.6 Å². The fourth-order valence-electron chi connectivity index (χ4n) is 6.03. The first-order chi connectivity index (χ1) is 14.8. The van der Waals surface area contributed by atoms with E-state index in [1.807, 2.05) is 0 Å². The molecule has 31 heavy (non-hydrogen) atoms. The number of hydrogen-bond acceptors (Lipinski definition) is 3. The second-order valence-electron chi connectivity index (χ2n) is 10.2. The molecular weight excluding hydrogens is 382 g/mol. The molecule has 4 rings (SSSR count). The number of ether oxygens (including phenoxy) is 1. The molecule has 3 nitrogen and oxygen atoms in total. The standard InChI is InChI=1S/C28H37NO2/c1-17-13-18(2)26(19(3)14-17)27(24-10-8-7-9-23(24)20(4)29(5)6)31-28(30)25-16-21-11-12-22(25)15-21/h7-10,13-14,20-22,25,27H,11-12,15-16H2,1-6H3/t20-,21-,22+,25+,27-/m1/s1. The predicted octanol–water partition coefficient (Wildman–Crippen LogP) is 6.30. The van der Waals surface area contributed by atoms with Crippen molar-refractivity contribution in [2.75, 3.05) is 14.1 Å². The molecule has 0 amide bonds. The van der Waals surface area contributed by atoms with E-state index >= 15 is 0 Å². The van der Waals surface area contributed by atoms with Crippen molar-refractivity contribution < 1.29 is 9.53 Å². The summed E-state index contributed by atoms with van der Waals surface area (Å²) in [5, 5.41) is 0.